The molecule has 30 heavy (non-hydrogen) atoms. The van der Waals surface area contributed by atoms with Crippen LogP contribution >= 0.6 is 0 Å². The summed E-state index contributed by atoms with van der Waals surface area (Å²) in [6.07, 6.45) is 5.68. The highest BCUT2D eigenvalue weighted by Gasteiger charge is 2.44. The first-order valence-electron chi connectivity index (χ1n) is 10.6. The van der Waals surface area contributed by atoms with Gasteiger partial charge in [0.05, 0.1) is 17.7 Å². The Hall–Kier alpha value is -2.42. The van der Waals surface area contributed by atoms with E-state index >= 15 is 0 Å². The van der Waals surface area contributed by atoms with Gasteiger partial charge in [-0.25, -0.2) is 9.78 Å². The zero-order chi connectivity index (χ0) is 22.3. The summed E-state index contributed by atoms with van der Waals surface area (Å²) in [4.78, 5) is 40.8. The molecule has 0 spiro atoms. The van der Waals surface area contributed by atoms with Crippen LogP contribution < -0.4 is 10.6 Å². The third-order valence-corrected chi connectivity index (χ3v) is 5.42. The summed E-state index contributed by atoms with van der Waals surface area (Å²) in [6.45, 7) is 5.97. The smallest absolute Gasteiger partial charge is 0.326 e. The minimum Gasteiger partial charge on any atom is -0.480 e. The van der Waals surface area contributed by atoms with Gasteiger partial charge in [-0.05, 0) is 31.6 Å². The van der Waals surface area contributed by atoms with Gasteiger partial charge < -0.3 is 19.9 Å². The quantitative estimate of drug-likeness (QED) is 0.401. The molecular weight excluding hydrogens is 390 g/mol. The van der Waals surface area contributed by atoms with Crippen LogP contribution in [0, 0.1) is 5.92 Å². The summed E-state index contributed by atoms with van der Waals surface area (Å²) >= 11 is 0. The normalized spacial score (nSPS) is 17.6. The highest BCUT2D eigenvalue weighted by Crippen LogP contribution is 2.31. The number of rotatable bonds is 12. The van der Waals surface area contributed by atoms with E-state index in [1.807, 2.05) is 20.8 Å². The number of aliphatic carboxylic acids is 2. The molecule has 1 fully saturated rings. The molecule has 0 aromatic carbocycles. The number of amides is 1. The molecule has 1 saturated carbocycles. The Labute approximate surface area is 176 Å². The Balaban J connectivity index is 2.12. The molecule has 9 nitrogen and oxygen atoms in total. The first-order valence-corrected chi connectivity index (χ1v) is 10.6. The van der Waals surface area contributed by atoms with Crippen LogP contribution in [0.1, 0.15) is 70.9 Å². The number of carbonyl (C=O) groups excluding carboxylic acids is 1. The molecule has 0 saturated heterocycles. The largest absolute Gasteiger partial charge is 0.480 e. The Bertz CT molecular complexity index is 739. The molecule has 0 aliphatic heterocycles. The van der Waals surface area contributed by atoms with Gasteiger partial charge in [0.1, 0.15) is 18.3 Å². The number of nitrogens with one attached hydrogen (secondary N) is 2. The van der Waals surface area contributed by atoms with Gasteiger partial charge in [0.2, 0.25) is 5.91 Å². The van der Waals surface area contributed by atoms with Crippen molar-refractivity contribution >= 4 is 17.8 Å². The highest BCUT2D eigenvalue weighted by molar-refractivity contribution is 5.91. The summed E-state index contributed by atoms with van der Waals surface area (Å²) < 4.78 is 5.39. The van der Waals surface area contributed by atoms with E-state index in [-0.39, 0.29) is 12.3 Å². The first-order chi connectivity index (χ1) is 14.2. The summed E-state index contributed by atoms with van der Waals surface area (Å²) in [5, 5.41) is 24.7. The third-order valence-electron chi connectivity index (χ3n) is 5.42. The van der Waals surface area contributed by atoms with Gasteiger partial charge in [-0.2, -0.15) is 0 Å². The molecule has 1 amide bonds. The van der Waals surface area contributed by atoms with Crippen LogP contribution in [0.5, 0.6) is 0 Å². The van der Waals surface area contributed by atoms with E-state index in [1.54, 1.807) is 0 Å². The maximum atomic E-state index is 13.1. The molecule has 1 aromatic rings. The predicted octanol–water partition coefficient (Wildman–Crippen LogP) is 2.14. The van der Waals surface area contributed by atoms with Crippen molar-refractivity contribution in [3.8, 4) is 0 Å². The lowest BCUT2D eigenvalue weighted by atomic mass is 9.93. The standard InChI is InChI=1S/C21H33N3O6/c1-4-7-15(18(25)26)24-21(8-5-6-9-21)20(29)23-16(19(27)28)11-17-22-14(12-30-17)10-13(2)3/h12-13,15-16,24H,4-11H2,1-3H3,(H,23,29)(H,25,26)(H,27,28)/t15-,16-/m0/s1. The summed E-state index contributed by atoms with van der Waals surface area (Å²) in [7, 11) is 0. The SMILES string of the molecule is CCC[C@H](NC1(C(=O)N[C@@H](Cc2nc(CC(C)C)co2)C(=O)O)CCCC1)C(=O)O. The lowest BCUT2D eigenvalue weighted by Gasteiger charge is -2.33. The first kappa shape index (κ1) is 23.9. The van der Waals surface area contributed by atoms with Crippen molar-refractivity contribution in [3.05, 3.63) is 17.8 Å². The third kappa shape index (κ3) is 6.29. The average molecular weight is 424 g/mol. The number of nitrogens with zero attached hydrogens (tertiary/aromatic N) is 1. The zero-order valence-electron chi connectivity index (χ0n) is 17.9. The van der Waals surface area contributed by atoms with Crippen molar-refractivity contribution in [2.75, 3.05) is 0 Å². The van der Waals surface area contributed by atoms with E-state index in [2.05, 4.69) is 15.6 Å². The van der Waals surface area contributed by atoms with Gasteiger partial charge in [0, 0.05) is 0 Å². The molecule has 1 aromatic heterocycles. The fourth-order valence-corrected chi connectivity index (χ4v) is 3.92. The van der Waals surface area contributed by atoms with E-state index in [1.165, 1.54) is 6.26 Å². The zero-order valence-corrected chi connectivity index (χ0v) is 17.9. The number of oxazole rings is 1. The molecule has 0 unspecified atom stereocenters. The van der Waals surface area contributed by atoms with Crippen LogP contribution in [0.25, 0.3) is 0 Å². The minimum absolute atomic E-state index is 0.0768. The molecule has 0 radical (unpaired) electrons. The monoisotopic (exact) mass is 423 g/mol. The lowest BCUT2D eigenvalue weighted by molar-refractivity contribution is -0.144. The van der Waals surface area contributed by atoms with E-state index in [0.717, 1.165) is 18.5 Å². The fourth-order valence-electron chi connectivity index (χ4n) is 3.92. The van der Waals surface area contributed by atoms with Gasteiger partial charge in [-0.15, -0.1) is 0 Å². The Morgan fingerprint density at radius 3 is 2.30 bits per heavy atom. The molecule has 1 aliphatic rings. The molecule has 2 atom stereocenters. The number of carboxylic acid groups (broad SMARTS) is 2. The van der Waals surface area contributed by atoms with E-state index in [0.29, 0.717) is 38.0 Å². The number of hydrogen-bond acceptors (Lipinski definition) is 6. The van der Waals surface area contributed by atoms with Gasteiger partial charge in [0.15, 0.2) is 5.89 Å². The number of hydrogen-bond donors (Lipinski definition) is 4. The highest BCUT2D eigenvalue weighted by atomic mass is 16.4. The minimum atomic E-state index is -1.21. The molecule has 1 aliphatic carbocycles. The van der Waals surface area contributed by atoms with Gasteiger partial charge >= 0.3 is 11.9 Å². The molecule has 4 N–H and O–H groups in total. The summed E-state index contributed by atoms with van der Waals surface area (Å²) in [6, 6.07) is -2.07. The van der Waals surface area contributed by atoms with Crippen LogP contribution in [0.3, 0.4) is 0 Å². The second-order valence-corrected chi connectivity index (χ2v) is 8.51. The van der Waals surface area contributed by atoms with Gasteiger partial charge in [-0.3, -0.25) is 14.9 Å². The molecule has 2 rings (SSSR count). The molecular formula is C21H33N3O6. The van der Waals surface area contributed by atoms with Gasteiger partial charge in [0.25, 0.3) is 0 Å². The summed E-state index contributed by atoms with van der Waals surface area (Å²) in [5.41, 5.74) is -0.334. The topological polar surface area (TPSA) is 142 Å². The van der Waals surface area contributed by atoms with Crippen molar-refractivity contribution < 1.29 is 29.0 Å². The Morgan fingerprint density at radius 1 is 1.13 bits per heavy atom. The number of carboxylic acids is 2. The van der Waals surface area contributed by atoms with E-state index < -0.39 is 35.5 Å². The van der Waals surface area contributed by atoms with Crippen LogP contribution in [0.4, 0.5) is 0 Å². The van der Waals surface area contributed by atoms with E-state index in [9.17, 15) is 24.6 Å². The maximum Gasteiger partial charge on any atom is 0.326 e. The Kier molecular flexibility index (Phi) is 8.40. The number of aromatic nitrogens is 1. The fraction of sp³-hybridized carbons (Fsp3) is 0.714. The number of carbonyl (C=O) groups is 3. The molecule has 0 bridgehead atoms. The van der Waals surface area contributed by atoms with Gasteiger partial charge in [-0.1, -0.05) is 40.0 Å². The molecule has 1 heterocycles. The second-order valence-electron chi connectivity index (χ2n) is 8.51. The average Bonchev–Trinajstić information content (AvgIpc) is 3.30. The van der Waals surface area contributed by atoms with Crippen molar-refractivity contribution in [1.29, 1.82) is 0 Å². The maximum absolute atomic E-state index is 13.1. The van der Waals surface area contributed by atoms with E-state index in [4.69, 9.17) is 4.42 Å². The summed E-state index contributed by atoms with van der Waals surface area (Å²) in [5.74, 6) is -2.05. The molecule has 168 valence electrons. The van der Waals surface area contributed by atoms with Crippen molar-refractivity contribution in [2.24, 2.45) is 5.92 Å². The van der Waals surface area contributed by atoms with Crippen LogP contribution in [0.2, 0.25) is 0 Å². The van der Waals surface area contributed by atoms with Crippen LogP contribution in [-0.2, 0) is 27.2 Å². The lowest BCUT2D eigenvalue weighted by Crippen LogP contribution is -2.62. The van der Waals surface area contributed by atoms with Crippen LogP contribution in [0.15, 0.2) is 10.7 Å². The molecule has 9 heteroatoms. The second kappa shape index (κ2) is 10.6. The van der Waals surface area contributed by atoms with Crippen molar-refractivity contribution in [1.82, 2.24) is 15.6 Å². The van der Waals surface area contributed by atoms with Crippen molar-refractivity contribution in [3.63, 3.8) is 0 Å². The van der Waals surface area contributed by atoms with Crippen LogP contribution in [-0.4, -0.2) is 50.7 Å². The van der Waals surface area contributed by atoms with Crippen molar-refractivity contribution in [2.45, 2.75) is 89.8 Å². The Morgan fingerprint density at radius 2 is 1.77 bits per heavy atom. The predicted molar refractivity (Wildman–Crippen MR) is 109 cm³/mol.